The van der Waals surface area contributed by atoms with Gasteiger partial charge in [0.05, 0.1) is 5.56 Å². The van der Waals surface area contributed by atoms with Crippen molar-refractivity contribution < 1.29 is 14.3 Å². The van der Waals surface area contributed by atoms with E-state index in [9.17, 15) is 4.79 Å². The summed E-state index contributed by atoms with van der Waals surface area (Å²) in [4.78, 5) is 21.0. The predicted octanol–water partition coefficient (Wildman–Crippen LogP) is 2.68. The number of aromatic nitrogens is 4. The van der Waals surface area contributed by atoms with Crippen LogP contribution >= 0.6 is 0 Å². The van der Waals surface area contributed by atoms with Gasteiger partial charge in [-0.2, -0.15) is 5.10 Å². The zero-order valence-corrected chi connectivity index (χ0v) is 16.6. The van der Waals surface area contributed by atoms with Crippen molar-refractivity contribution in [1.29, 1.82) is 0 Å². The predicted molar refractivity (Wildman–Crippen MR) is 109 cm³/mol. The van der Waals surface area contributed by atoms with Crippen LogP contribution in [-0.2, 0) is 5.41 Å². The van der Waals surface area contributed by atoms with Gasteiger partial charge in [0.1, 0.15) is 25.9 Å². The number of carbonyl (C=O) groups is 1. The number of nitrogens with zero attached hydrogens (tertiary/aromatic N) is 4. The van der Waals surface area contributed by atoms with Crippen LogP contribution in [0, 0.1) is 0 Å². The van der Waals surface area contributed by atoms with E-state index < -0.39 is 0 Å². The Balaban J connectivity index is 1.31. The lowest BCUT2D eigenvalue weighted by Crippen LogP contribution is -2.39. The summed E-state index contributed by atoms with van der Waals surface area (Å²) in [7, 11) is 0. The van der Waals surface area contributed by atoms with Crippen LogP contribution in [0.5, 0.6) is 11.5 Å². The Morgan fingerprint density at radius 3 is 2.67 bits per heavy atom. The summed E-state index contributed by atoms with van der Waals surface area (Å²) >= 11 is 0. The van der Waals surface area contributed by atoms with E-state index in [1.807, 2.05) is 6.07 Å². The van der Waals surface area contributed by atoms with Crippen molar-refractivity contribution in [3.8, 4) is 17.3 Å². The molecular formula is C22H23N5O3. The van der Waals surface area contributed by atoms with Gasteiger partial charge in [-0.1, -0.05) is 18.9 Å². The maximum atomic E-state index is 12.8. The molecule has 1 N–H and O–H groups in total. The molecule has 1 fully saturated rings. The molecule has 0 saturated heterocycles. The summed E-state index contributed by atoms with van der Waals surface area (Å²) in [5.74, 6) is 2.08. The van der Waals surface area contributed by atoms with Crippen LogP contribution in [0.4, 0.5) is 0 Å². The van der Waals surface area contributed by atoms with Gasteiger partial charge >= 0.3 is 0 Å². The average Bonchev–Trinajstić information content (AvgIpc) is 3.50. The van der Waals surface area contributed by atoms with E-state index in [-0.39, 0.29) is 11.3 Å². The van der Waals surface area contributed by atoms with Crippen molar-refractivity contribution in [2.24, 2.45) is 0 Å². The molecule has 5 rings (SSSR count). The molecule has 30 heavy (non-hydrogen) atoms. The Morgan fingerprint density at radius 1 is 1.10 bits per heavy atom. The minimum Gasteiger partial charge on any atom is -0.486 e. The lowest BCUT2D eigenvalue weighted by molar-refractivity contribution is 0.0942. The lowest BCUT2D eigenvalue weighted by atomic mass is 9.78. The van der Waals surface area contributed by atoms with Gasteiger partial charge in [-0.05, 0) is 42.7 Å². The Kier molecular flexibility index (Phi) is 4.82. The number of hydrogen-bond acceptors (Lipinski definition) is 6. The van der Waals surface area contributed by atoms with Gasteiger partial charge in [-0.15, -0.1) is 0 Å². The highest BCUT2D eigenvalue weighted by Gasteiger charge is 2.37. The largest absolute Gasteiger partial charge is 0.486 e. The monoisotopic (exact) mass is 405 g/mol. The van der Waals surface area contributed by atoms with Gasteiger partial charge in [-0.25, -0.2) is 14.6 Å². The average molecular weight is 405 g/mol. The highest BCUT2D eigenvalue weighted by molar-refractivity contribution is 5.94. The Hall–Kier alpha value is -3.42. The van der Waals surface area contributed by atoms with Crippen LogP contribution in [-0.4, -0.2) is 45.4 Å². The van der Waals surface area contributed by atoms with E-state index in [2.05, 4.69) is 32.5 Å². The first-order chi connectivity index (χ1) is 14.7. The second-order valence-electron chi connectivity index (χ2n) is 7.77. The molecule has 3 aromatic rings. The number of benzene rings is 1. The van der Waals surface area contributed by atoms with Crippen LogP contribution in [0.1, 0.15) is 41.6 Å². The van der Waals surface area contributed by atoms with Crippen molar-refractivity contribution in [3.63, 3.8) is 0 Å². The van der Waals surface area contributed by atoms with Gasteiger partial charge in [0, 0.05) is 18.2 Å². The highest BCUT2D eigenvalue weighted by atomic mass is 16.6. The second kappa shape index (κ2) is 7.78. The molecule has 1 aliphatic heterocycles. The first-order valence-corrected chi connectivity index (χ1v) is 10.2. The van der Waals surface area contributed by atoms with E-state index in [0.717, 1.165) is 37.2 Å². The fourth-order valence-electron chi connectivity index (χ4n) is 4.33. The third-order valence-corrected chi connectivity index (χ3v) is 5.97. The summed E-state index contributed by atoms with van der Waals surface area (Å²) in [5.41, 5.74) is 1.64. The number of carbonyl (C=O) groups excluding carboxylic acids is 1. The quantitative estimate of drug-likeness (QED) is 0.702. The molecule has 1 amide bonds. The Labute approximate surface area is 174 Å². The van der Waals surface area contributed by atoms with Crippen molar-refractivity contribution in [3.05, 3.63) is 60.3 Å². The van der Waals surface area contributed by atoms with Crippen molar-refractivity contribution in [2.45, 2.75) is 31.1 Å². The van der Waals surface area contributed by atoms with Gasteiger partial charge in [-0.3, -0.25) is 4.79 Å². The zero-order chi connectivity index (χ0) is 20.4. The van der Waals surface area contributed by atoms with E-state index in [1.165, 1.54) is 11.9 Å². The van der Waals surface area contributed by atoms with E-state index >= 15 is 0 Å². The topological polar surface area (TPSA) is 91.2 Å². The molecule has 0 spiro atoms. The number of ether oxygens (including phenoxy) is 2. The molecule has 0 atom stereocenters. The molecule has 8 heteroatoms. The van der Waals surface area contributed by atoms with Crippen molar-refractivity contribution in [1.82, 2.24) is 25.1 Å². The lowest BCUT2D eigenvalue weighted by Gasteiger charge is -2.31. The van der Waals surface area contributed by atoms with Crippen molar-refractivity contribution >= 4 is 5.91 Å². The molecule has 0 bridgehead atoms. The molecular weight excluding hydrogens is 382 g/mol. The number of amides is 1. The summed E-state index contributed by atoms with van der Waals surface area (Å²) in [6, 6.07) is 9.69. The van der Waals surface area contributed by atoms with E-state index in [0.29, 0.717) is 31.1 Å². The summed E-state index contributed by atoms with van der Waals surface area (Å²) in [6.07, 6.45) is 8.96. The number of hydrogen-bond donors (Lipinski definition) is 1. The molecule has 154 valence electrons. The van der Waals surface area contributed by atoms with Gasteiger partial charge in [0.25, 0.3) is 5.91 Å². The molecule has 1 saturated carbocycles. The van der Waals surface area contributed by atoms with Crippen LogP contribution in [0.25, 0.3) is 5.82 Å². The van der Waals surface area contributed by atoms with Crippen LogP contribution in [0.15, 0.2) is 49.2 Å². The smallest absolute Gasteiger partial charge is 0.252 e. The van der Waals surface area contributed by atoms with Crippen LogP contribution < -0.4 is 14.8 Å². The Bertz CT molecular complexity index is 1030. The minimum absolute atomic E-state index is 0.0837. The molecule has 3 heterocycles. The zero-order valence-electron chi connectivity index (χ0n) is 16.6. The summed E-state index contributed by atoms with van der Waals surface area (Å²) in [6.45, 7) is 1.73. The SMILES string of the molecule is O=C(NCC1(c2ccc3c(c2)OCCO3)CCCC1)c1ccc(-n2cncn2)nc1. The third-order valence-electron chi connectivity index (χ3n) is 5.97. The molecule has 1 aromatic carbocycles. The van der Waals surface area contributed by atoms with E-state index in [1.54, 1.807) is 29.3 Å². The fourth-order valence-corrected chi connectivity index (χ4v) is 4.33. The molecule has 1 aliphatic carbocycles. The maximum Gasteiger partial charge on any atom is 0.252 e. The second-order valence-corrected chi connectivity index (χ2v) is 7.77. The molecule has 8 nitrogen and oxygen atoms in total. The number of nitrogens with one attached hydrogen (secondary N) is 1. The van der Waals surface area contributed by atoms with Crippen LogP contribution in [0.2, 0.25) is 0 Å². The number of fused-ring (bicyclic) bond motifs is 1. The summed E-state index contributed by atoms with van der Waals surface area (Å²) in [5, 5.41) is 7.17. The first-order valence-electron chi connectivity index (χ1n) is 10.2. The van der Waals surface area contributed by atoms with E-state index in [4.69, 9.17) is 9.47 Å². The van der Waals surface area contributed by atoms with Gasteiger partial charge in [0.2, 0.25) is 0 Å². The Morgan fingerprint density at radius 2 is 1.93 bits per heavy atom. The fraction of sp³-hybridized carbons (Fsp3) is 0.364. The number of pyridine rings is 1. The van der Waals surface area contributed by atoms with Crippen molar-refractivity contribution in [2.75, 3.05) is 19.8 Å². The van der Waals surface area contributed by atoms with Gasteiger partial charge < -0.3 is 14.8 Å². The molecule has 2 aromatic heterocycles. The standard InChI is InChI=1S/C22H23N5O3/c28-21(16-3-6-20(24-12-16)27-15-23-14-26-27)25-13-22(7-1-2-8-22)17-4-5-18-19(11-17)30-10-9-29-18/h3-6,11-12,14-15H,1-2,7-10,13H2,(H,25,28). The highest BCUT2D eigenvalue weighted by Crippen LogP contribution is 2.43. The maximum absolute atomic E-state index is 12.8. The normalized spacial score (nSPS) is 16.9. The van der Waals surface area contributed by atoms with Gasteiger partial charge in [0.15, 0.2) is 17.3 Å². The minimum atomic E-state index is -0.128. The molecule has 0 unspecified atom stereocenters. The first kappa shape index (κ1) is 18.6. The number of rotatable bonds is 5. The third kappa shape index (κ3) is 3.49. The summed E-state index contributed by atoms with van der Waals surface area (Å²) < 4.78 is 13.0. The molecule has 0 radical (unpaired) electrons. The van der Waals surface area contributed by atoms with Crippen LogP contribution in [0.3, 0.4) is 0 Å². The molecule has 2 aliphatic rings.